The van der Waals surface area contributed by atoms with Gasteiger partial charge in [-0.05, 0) is 36.6 Å². The number of aliphatic hydroxyl groups excluding tert-OH is 2. The molecule has 1 heterocycles. The van der Waals surface area contributed by atoms with Gasteiger partial charge < -0.3 is 34.3 Å². The van der Waals surface area contributed by atoms with Crippen molar-refractivity contribution < 1.29 is 39.1 Å². The van der Waals surface area contributed by atoms with Gasteiger partial charge in [0.2, 0.25) is 5.75 Å². The number of fused-ring (bicyclic) bond motifs is 2. The van der Waals surface area contributed by atoms with E-state index in [-0.39, 0.29) is 17.6 Å². The Morgan fingerprint density at radius 1 is 1.15 bits per heavy atom. The number of para-hydroxylation sites is 2. The molecule has 6 unspecified atom stereocenters. The molecule has 2 aromatic carbocycles. The zero-order valence-electron chi connectivity index (χ0n) is 18.9. The Labute approximate surface area is 198 Å². The summed E-state index contributed by atoms with van der Waals surface area (Å²) < 4.78 is 23.2. The standard InChI is InChI=1S/C26H30O8/c1-16(14-31-18-6-3-2-4-7-18)12-17(27)10-11-19-20(28)13-23-25(19)33-22-9-5-8-21(26(22)34-23)32-15-24(29)30/h2-11,16-17,19-20,23,25,27-28H,12-15H2,1H3,(H,29,30). The molecule has 8 heteroatoms. The SMILES string of the molecule is CC(COc1ccccc1)CC(O)C=CC1C(O)CC2Oc3c(OCC(=O)O)cccc3OC21. The van der Waals surface area contributed by atoms with E-state index >= 15 is 0 Å². The van der Waals surface area contributed by atoms with Gasteiger partial charge in [0.15, 0.2) is 18.1 Å². The number of rotatable bonds is 10. The maximum Gasteiger partial charge on any atom is 0.341 e. The van der Waals surface area contributed by atoms with Crippen LogP contribution >= 0.6 is 0 Å². The first-order valence-electron chi connectivity index (χ1n) is 11.4. The molecule has 0 aromatic heterocycles. The monoisotopic (exact) mass is 470 g/mol. The van der Waals surface area contributed by atoms with Gasteiger partial charge in [-0.1, -0.05) is 43.3 Å². The highest BCUT2D eigenvalue weighted by Gasteiger charge is 2.47. The second kappa shape index (κ2) is 10.8. The number of hydrogen-bond donors (Lipinski definition) is 3. The fraction of sp³-hybridized carbons (Fsp3) is 0.423. The molecule has 1 aliphatic carbocycles. The Morgan fingerprint density at radius 3 is 2.71 bits per heavy atom. The van der Waals surface area contributed by atoms with E-state index in [9.17, 15) is 15.0 Å². The van der Waals surface area contributed by atoms with Crippen LogP contribution in [0.2, 0.25) is 0 Å². The summed E-state index contributed by atoms with van der Waals surface area (Å²) in [5, 5.41) is 30.0. The lowest BCUT2D eigenvalue weighted by atomic mass is 9.99. The summed E-state index contributed by atoms with van der Waals surface area (Å²) in [6.07, 6.45) is 2.13. The Morgan fingerprint density at radius 2 is 1.94 bits per heavy atom. The Hall–Kier alpha value is -3.23. The van der Waals surface area contributed by atoms with Crippen LogP contribution in [-0.4, -0.2) is 58.9 Å². The predicted molar refractivity (Wildman–Crippen MR) is 123 cm³/mol. The van der Waals surface area contributed by atoms with Crippen molar-refractivity contribution in [1.82, 2.24) is 0 Å². The van der Waals surface area contributed by atoms with Crippen molar-refractivity contribution in [2.75, 3.05) is 13.2 Å². The molecule has 1 saturated carbocycles. The van der Waals surface area contributed by atoms with Crippen LogP contribution in [0.4, 0.5) is 0 Å². The van der Waals surface area contributed by atoms with E-state index in [1.165, 1.54) is 0 Å². The lowest BCUT2D eigenvalue weighted by molar-refractivity contribution is -0.139. The Bertz CT molecular complexity index is 992. The van der Waals surface area contributed by atoms with E-state index in [4.69, 9.17) is 24.1 Å². The Kier molecular flexibility index (Phi) is 7.59. The van der Waals surface area contributed by atoms with E-state index in [1.54, 1.807) is 30.4 Å². The van der Waals surface area contributed by atoms with Gasteiger partial charge in [0, 0.05) is 12.3 Å². The van der Waals surface area contributed by atoms with Crippen LogP contribution in [0.5, 0.6) is 23.0 Å². The molecule has 0 saturated heterocycles. The van der Waals surface area contributed by atoms with Crippen LogP contribution < -0.4 is 18.9 Å². The van der Waals surface area contributed by atoms with Crippen molar-refractivity contribution in [3.05, 3.63) is 60.7 Å². The summed E-state index contributed by atoms with van der Waals surface area (Å²) in [5.74, 6) is 0.546. The minimum absolute atomic E-state index is 0.131. The molecule has 0 amide bonds. The van der Waals surface area contributed by atoms with Crippen LogP contribution in [0.25, 0.3) is 0 Å². The topological polar surface area (TPSA) is 115 Å². The summed E-state index contributed by atoms with van der Waals surface area (Å²) in [4.78, 5) is 10.8. The number of carboxylic acid groups (broad SMARTS) is 1. The minimum Gasteiger partial charge on any atom is -0.493 e. The number of aliphatic carboxylic acids is 1. The molecule has 6 atom stereocenters. The molecule has 4 rings (SSSR count). The van der Waals surface area contributed by atoms with E-state index in [1.807, 2.05) is 37.3 Å². The maximum atomic E-state index is 10.8. The number of aliphatic hydroxyl groups is 2. The molecular weight excluding hydrogens is 440 g/mol. The van der Waals surface area contributed by atoms with E-state index in [0.29, 0.717) is 30.9 Å². The highest BCUT2D eigenvalue weighted by Crippen LogP contribution is 2.46. The van der Waals surface area contributed by atoms with E-state index in [0.717, 1.165) is 5.75 Å². The van der Waals surface area contributed by atoms with Gasteiger partial charge in [0.25, 0.3) is 0 Å². The van der Waals surface area contributed by atoms with Crippen molar-refractivity contribution in [1.29, 1.82) is 0 Å². The first kappa shape index (κ1) is 23.9. The molecule has 1 aliphatic heterocycles. The van der Waals surface area contributed by atoms with E-state index in [2.05, 4.69) is 0 Å². The van der Waals surface area contributed by atoms with Crippen molar-refractivity contribution in [3.63, 3.8) is 0 Å². The second-order valence-corrected chi connectivity index (χ2v) is 8.80. The Balaban J connectivity index is 1.34. The van der Waals surface area contributed by atoms with Crippen molar-refractivity contribution >= 4 is 5.97 Å². The zero-order chi connectivity index (χ0) is 24.1. The highest BCUT2D eigenvalue weighted by atomic mass is 16.6. The van der Waals surface area contributed by atoms with Gasteiger partial charge >= 0.3 is 5.97 Å². The van der Waals surface area contributed by atoms with Crippen LogP contribution in [0.15, 0.2) is 60.7 Å². The van der Waals surface area contributed by atoms with Crippen LogP contribution in [0, 0.1) is 11.8 Å². The minimum atomic E-state index is -1.09. The van der Waals surface area contributed by atoms with Gasteiger partial charge in [0.1, 0.15) is 18.0 Å². The normalized spacial score (nSPS) is 24.9. The predicted octanol–water partition coefficient (Wildman–Crippen LogP) is 3.06. The number of carbonyl (C=O) groups is 1. The molecule has 2 aromatic rings. The zero-order valence-corrected chi connectivity index (χ0v) is 18.9. The van der Waals surface area contributed by atoms with Gasteiger partial charge in [-0.2, -0.15) is 0 Å². The summed E-state index contributed by atoms with van der Waals surface area (Å²) in [5.41, 5.74) is 0. The summed E-state index contributed by atoms with van der Waals surface area (Å²) in [7, 11) is 0. The number of carboxylic acids is 1. The summed E-state index contributed by atoms with van der Waals surface area (Å²) in [6.45, 7) is 2.01. The molecular formula is C26H30O8. The van der Waals surface area contributed by atoms with Gasteiger partial charge in [0.05, 0.1) is 18.8 Å². The van der Waals surface area contributed by atoms with Crippen LogP contribution in [-0.2, 0) is 4.79 Å². The van der Waals surface area contributed by atoms with Crippen LogP contribution in [0.3, 0.4) is 0 Å². The molecule has 182 valence electrons. The molecule has 8 nitrogen and oxygen atoms in total. The summed E-state index contributed by atoms with van der Waals surface area (Å²) in [6, 6.07) is 14.6. The fourth-order valence-electron chi connectivity index (χ4n) is 4.33. The maximum absolute atomic E-state index is 10.8. The third-order valence-electron chi connectivity index (χ3n) is 5.97. The first-order chi connectivity index (χ1) is 16.4. The quantitative estimate of drug-likeness (QED) is 0.454. The van der Waals surface area contributed by atoms with Gasteiger partial charge in [-0.25, -0.2) is 4.79 Å². The average Bonchev–Trinajstić information content (AvgIpc) is 3.13. The van der Waals surface area contributed by atoms with Gasteiger partial charge in [-0.3, -0.25) is 0 Å². The largest absolute Gasteiger partial charge is 0.493 e. The lowest BCUT2D eigenvalue weighted by Crippen LogP contribution is -2.39. The first-order valence-corrected chi connectivity index (χ1v) is 11.4. The highest BCUT2D eigenvalue weighted by molar-refractivity contribution is 5.69. The van der Waals surface area contributed by atoms with Crippen molar-refractivity contribution in [2.24, 2.45) is 11.8 Å². The molecule has 0 bridgehead atoms. The van der Waals surface area contributed by atoms with Crippen molar-refractivity contribution in [3.8, 4) is 23.0 Å². The third kappa shape index (κ3) is 5.81. The summed E-state index contributed by atoms with van der Waals surface area (Å²) >= 11 is 0. The van der Waals surface area contributed by atoms with Crippen molar-refractivity contribution in [2.45, 2.75) is 44.2 Å². The number of benzene rings is 2. The molecule has 3 N–H and O–H groups in total. The molecule has 1 fully saturated rings. The molecule has 2 aliphatic rings. The number of ether oxygens (including phenoxy) is 4. The average molecular weight is 471 g/mol. The fourth-order valence-corrected chi connectivity index (χ4v) is 4.33. The van der Waals surface area contributed by atoms with Gasteiger partial charge in [-0.15, -0.1) is 0 Å². The van der Waals surface area contributed by atoms with Crippen LogP contribution in [0.1, 0.15) is 19.8 Å². The number of hydrogen-bond acceptors (Lipinski definition) is 7. The molecule has 0 spiro atoms. The van der Waals surface area contributed by atoms with E-state index < -0.39 is 37.0 Å². The third-order valence-corrected chi connectivity index (χ3v) is 5.97. The molecule has 34 heavy (non-hydrogen) atoms. The molecule has 0 radical (unpaired) electrons. The second-order valence-electron chi connectivity index (χ2n) is 8.80. The smallest absolute Gasteiger partial charge is 0.341 e. The lowest BCUT2D eigenvalue weighted by Gasteiger charge is -2.32.